The van der Waals surface area contributed by atoms with Crippen LogP contribution in [0.3, 0.4) is 0 Å². The number of ether oxygens (including phenoxy) is 2. The number of aliphatic hydroxyl groups excluding tert-OH is 1. The lowest BCUT2D eigenvalue weighted by Crippen LogP contribution is -2.06. The minimum Gasteiger partial charge on any atom is -0.493 e. The summed E-state index contributed by atoms with van der Waals surface area (Å²) in [6, 6.07) is 2.76. The van der Waals surface area contributed by atoms with Gasteiger partial charge in [-0.1, -0.05) is 0 Å². The molecule has 6 heteroatoms. The number of nitrogens with two attached hydrogens (primary N) is 1. The third-order valence-corrected chi connectivity index (χ3v) is 2.38. The topological polar surface area (TPSA) is 102 Å². The summed E-state index contributed by atoms with van der Waals surface area (Å²) >= 11 is 0. The zero-order chi connectivity index (χ0) is 13.5. The number of hydrogen-bond acceptors (Lipinski definition) is 5. The van der Waals surface area contributed by atoms with Gasteiger partial charge in [0.05, 0.1) is 25.0 Å². The van der Waals surface area contributed by atoms with Gasteiger partial charge in [-0.25, -0.2) is 4.79 Å². The molecule has 18 heavy (non-hydrogen) atoms. The van der Waals surface area contributed by atoms with Crippen LogP contribution in [0.15, 0.2) is 12.1 Å². The number of nitrogen functional groups attached to an aromatic ring is 1. The molecule has 1 aromatic carbocycles. The van der Waals surface area contributed by atoms with E-state index in [2.05, 4.69) is 0 Å². The number of carboxylic acids is 1. The highest BCUT2D eigenvalue weighted by Gasteiger charge is 2.14. The second-order valence-electron chi connectivity index (χ2n) is 3.67. The molecule has 0 radical (unpaired) electrons. The number of rotatable bonds is 7. The quantitative estimate of drug-likeness (QED) is 0.498. The molecule has 6 nitrogen and oxygen atoms in total. The Hall–Kier alpha value is -1.95. The maximum absolute atomic E-state index is 10.9. The van der Waals surface area contributed by atoms with Crippen LogP contribution in [0.4, 0.5) is 5.69 Å². The number of hydrogen-bond donors (Lipinski definition) is 3. The van der Waals surface area contributed by atoms with Crippen molar-refractivity contribution in [2.45, 2.75) is 12.8 Å². The molecule has 0 atom stereocenters. The second kappa shape index (κ2) is 6.70. The fourth-order valence-electron chi connectivity index (χ4n) is 1.43. The van der Waals surface area contributed by atoms with Crippen LogP contribution in [-0.4, -0.2) is 36.5 Å². The van der Waals surface area contributed by atoms with Gasteiger partial charge in [0.25, 0.3) is 0 Å². The molecule has 0 saturated heterocycles. The summed E-state index contributed by atoms with van der Waals surface area (Å²) in [5, 5.41) is 17.6. The van der Waals surface area contributed by atoms with E-state index in [1.807, 2.05) is 0 Å². The van der Waals surface area contributed by atoms with Crippen molar-refractivity contribution in [2.24, 2.45) is 0 Å². The lowest BCUT2D eigenvalue weighted by molar-refractivity contribution is 0.0697. The zero-order valence-electron chi connectivity index (χ0n) is 10.2. The van der Waals surface area contributed by atoms with E-state index in [9.17, 15) is 4.79 Å². The van der Waals surface area contributed by atoms with Crippen LogP contribution >= 0.6 is 0 Å². The van der Waals surface area contributed by atoms with Gasteiger partial charge in [0.15, 0.2) is 11.5 Å². The van der Waals surface area contributed by atoms with Gasteiger partial charge in [-0.2, -0.15) is 0 Å². The van der Waals surface area contributed by atoms with Crippen LogP contribution in [0.25, 0.3) is 0 Å². The molecule has 0 aliphatic rings. The number of carboxylic acid groups (broad SMARTS) is 1. The van der Waals surface area contributed by atoms with Gasteiger partial charge >= 0.3 is 5.97 Å². The van der Waals surface area contributed by atoms with E-state index in [-0.39, 0.29) is 17.9 Å². The highest BCUT2D eigenvalue weighted by atomic mass is 16.5. The normalized spacial score (nSPS) is 10.1. The van der Waals surface area contributed by atoms with E-state index in [0.717, 1.165) is 0 Å². The van der Waals surface area contributed by atoms with Crippen molar-refractivity contribution in [3.63, 3.8) is 0 Å². The smallest absolute Gasteiger partial charge is 0.337 e. The Morgan fingerprint density at radius 2 is 2.06 bits per heavy atom. The molecule has 0 bridgehead atoms. The summed E-state index contributed by atoms with van der Waals surface area (Å²) in [5.74, 6) is -0.390. The van der Waals surface area contributed by atoms with Crippen molar-refractivity contribution in [3.8, 4) is 11.5 Å². The van der Waals surface area contributed by atoms with Gasteiger partial charge in [0.2, 0.25) is 0 Å². The van der Waals surface area contributed by atoms with Crippen molar-refractivity contribution in [1.29, 1.82) is 0 Å². The van der Waals surface area contributed by atoms with Gasteiger partial charge in [0, 0.05) is 18.7 Å². The van der Waals surface area contributed by atoms with Crippen molar-refractivity contribution >= 4 is 11.7 Å². The Bertz CT molecular complexity index is 419. The van der Waals surface area contributed by atoms with Crippen LogP contribution in [0, 0.1) is 0 Å². The van der Waals surface area contributed by atoms with Crippen molar-refractivity contribution < 1.29 is 24.5 Å². The molecular formula is C12H17NO5. The summed E-state index contributed by atoms with van der Waals surface area (Å²) in [7, 11) is 1.45. The molecule has 100 valence electrons. The molecular weight excluding hydrogens is 238 g/mol. The fourth-order valence-corrected chi connectivity index (χ4v) is 1.43. The highest BCUT2D eigenvalue weighted by Crippen LogP contribution is 2.32. The van der Waals surface area contributed by atoms with Crippen LogP contribution in [0.1, 0.15) is 23.2 Å². The number of aromatic carboxylic acids is 1. The maximum Gasteiger partial charge on any atom is 0.337 e. The van der Waals surface area contributed by atoms with E-state index < -0.39 is 5.97 Å². The van der Waals surface area contributed by atoms with Crippen molar-refractivity contribution in [1.82, 2.24) is 0 Å². The van der Waals surface area contributed by atoms with Crippen LogP contribution in [-0.2, 0) is 0 Å². The third kappa shape index (κ3) is 3.53. The van der Waals surface area contributed by atoms with Crippen molar-refractivity contribution in [3.05, 3.63) is 17.7 Å². The minimum atomic E-state index is -1.12. The third-order valence-electron chi connectivity index (χ3n) is 2.38. The van der Waals surface area contributed by atoms with Gasteiger partial charge in [-0.3, -0.25) is 0 Å². The Kier molecular flexibility index (Phi) is 5.26. The molecule has 1 rings (SSSR count). The Morgan fingerprint density at radius 3 is 2.61 bits per heavy atom. The van der Waals surface area contributed by atoms with Gasteiger partial charge in [-0.15, -0.1) is 0 Å². The SMILES string of the molecule is COc1cc(N)c(C(=O)O)cc1OCCCCO. The predicted octanol–water partition coefficient (Wildman–Crippen LogP) is 1.13. The summed E-state index contributed by atoms with van der Waals surface area (Å²) < 4.78 is 10.5. The first-order chi connectivity index (χ1) is 8.60. The minimum absolute atomic E-state index is 0.0204. The molecule has 4 N–H and O–H groups in total. The molecule has 0 spiro atoms. The summed E-state index contributed by atoms with van der Waals surface area (Å²) in [6.45, 7) is 0.475. The maximum atomic E-state index is 10.9. The number of benzene rings is 1. The van der Waals surface area contributed by atoms with Crippen molar-refractivity contribution in [2.75, 3.05) is 26.1 Å². The van der Waals surface area contributed by atoms with Crippen LogP contribution < -0.4 is 15.2 Å². The monoisotopic (exact) mass is 255 g/mol. The van der Waals surface area contributed by atoms with Crippen LogP contribution in [0.5, 0.6) is 11.5 Å². The number of aliphatic hydroxyl groups is 1. The Labute approximate surface area is 105 Å². The van der Waals surface area contributed by atoms with E-state index >= 15 is 0 Å². The van der Waals surface area contributed by atoms with Gasteiger partial charge in [-0.05, 0) is 12.8 Å². The molecule has 0 amide bonds. The van der Waals surface area contributed by atoms with E-state index in [0.29, 0.717) is 30.9 Å². The molecule has 0 aliphatic carbocycles. The largest absolute Gasteiger partial charge is 0.493 e. The lowest BCUT2D eigenvalue weighted by Gasteiger charge is -2.12. The summed E-state index contributed by atoms with van der Waals surface area (Å²) in [6.07, 6.45) is 1.30. The standard InChI is InChI=1S/C12H17NO5/c1-17-10-7-9(13)8(12(15)16)6-11(10)18-5-3-2-4-14/h6-7,14H,2-5,13H2,1H3,(H,15,16). The molecule has 0 unspecified atom stereocenters. The second-order valence-corrected chi connectivity index (χ2v) is 3.67. The van der Waals surface area contributed by atoms with E-state index in [1.165, 1.54) is 19.2 Å². The number of carbonyl (C=O) groups is 1. The molecule has 0 heterocycles. The number of unbranched alkanes of at least 4 members (excludes halogenated alkanes) is 1. The predicted molar refractivity (Wildman–Crippen MR) is 66.2 cm³/mol. The zero-order valence-corrected chi connectivity index (χ0v) is 10.2. The molecule has 0 aliphatic heterocycles. The lowest BCUT2D eigenvalue weighted by atomic mass is 10.1. The van der Waals surface area contributed by atoms with E-state index in [1.54, 1.807) is 0 Å². The number of anilines is 1. The first-order valence-corrected chi connectivity index (χ1v) is 5.54. The van der Waals surface area contributed by atoms with E-state index in [4.69, 9.17) is 25.4 Å². The first-order valence-electron chi connectivity index (χ1n) is 5.54. The molecule has 0 fully saturated rings. The Morgan fingerprint density at radius 1 is 1.33 bits per heavy atom. The first kappa shape index (κ1) is 14.1. The summed E-state index contributed by atoms with van der Waals surface area (Å²) in [5.41, 5.74) is 5.70. The number of methoxy groups -OCH3 is 1. The molecule has 0 aromatic heterocycles. The highest BCUT2D eigenvalue weighted by molar-refractivity contribution is 5.94. The average Bonchev–Trinajstić information content (AvgIpc) is 2.35. The van der Waals surface area contributed by atoms with Gasteiger partial charge < -0.3 is 25.4 Å². The average molecular weight is 255 g/mol. The van der Waals surface area contributed by atoms with Crippen LogP contribution in [0.2, 0.25) is 0 Å². The van der Waals surface area contributed by atoms with Gasteiger partial charge in [0.1, 0.15) is 0 Å². The molecule has 0 saturated carbocycles. The summed E-state index contributed by atoms with van der Waals surface area (Å²) in [4.78, 5) is 10.9. The molecule has 1 aromatic rings. The Balaban J connectivity index is 2.86. The fraction of sp³-hybridized carbons (Fsp3) is 0.417.